The maximum absolute atomic E-state index is 12.1. The molecule has 0 bridgehead atoms. The third kappa shape index (κ3) is 4.00. The maximum Gasteiger partial charge on any atom is 0.410 e. The second-order valence-corrected chi connectivity index (χ2v) is 6.98. The lowest BCUT2D eigenvalue weighted by molar-refractivity contribution is 0.0292. The molecule has 0 aromatic carbocycles. The molecule has 22 heavy (non-hydrogen) atoms. The zero-order valence-electron chi connectivity index (χ0n) is 13.8. The number of nitrogens with zero attached hydrogens (tertiary/aromatic N) is 4. The van der Waals surface area contributed by atoms with Crippen molar-refractivity contribution in [1.82, 2.24) is 14.9 Å². The van der Waals surface area contributed by atoms with Gasteiger partial charge in [-0.25, -0.2) is 14.8 Å². The molecule has 1 aliphatic rings. The molecule has 2 heterocycles. The standard InChI is InChI=1S/C15H23ClN4O2/c1-10-8-17-13(18-12(10)16)19(5)11-6-7-20(9-11)14(21)22-15(2,3)4/h8,11H,6-7,9H2,1-5H3. The van der Waals surface area contributed by atoms with Crippen molar-refractivity contribution in [2.45, 2.75) is 45.8 Å². The van der Waals surface area contributed by atoms with Gasteiger partial charge in [0.1, 0.15) is 10.8 Å². The fourth-order valence-electron chi connectivity index (χ4n) is 2.30. The molecule has 1 aromatic rings. The number of ether oxygens (including phenoxy) is 1. The minimum absolute atomic E-state index is 0.159. The molecular formula is C15H23ClN4O2. The fraction of sp³-hybridized carbons (Fsp3) is 0.667. The van der Waals surface area contributed by atoms with Gasteiger partial charge in [-0.15, -0.1) is 0 Å². The van der Waals surface area contributed by atoms with Gasteiger partial charge in [0.15, 0.2) is 0 Å². The van der Waals surface area contributed by atoms with Crippen molar-refractivity contribution in [2.75, 3.05) is 25.0 Å². The SMILES string of the molecule is Cc1cnc(N(C)C2CCN(C(=O)OC(C)(C)C)C2)nc1Cl. The number of aromatic nitrogens is 2. The predicted octanol–water partition coefficient (Wildman–Crippen LogP) is 2.88. The van der Waals surface area contributed by atoms with Gasteiger partial charge in [-0.2, -0.15) is 0 Å². The Morgan fingerprint density at radius 2 is 2.18 bits per heavy atom. The summed E-state index contributed by atoms with van der Waals surface area (Å²) in [5.74, 6) is 0.576. The first kappa shape index (κ1) is 16.8. The number of likely N-dealkylation sites (N-methyl/N-ethyl adjacent to an activating group) is 1. The number of hydrogen-bond donors (Lipinski definition) is 0. The molecule has 2 rings (SSSR count). The minimum Gasteiger partial charge on any atom is -0.444 e. The van der Waals surface area contributed by atoms with E-state index in [0.29, 0.717) is 24.2 Å². The molecule has 6 nitrogen and oxygen atoms in total. The number of hydrogen-bond acceptors (Lipinski definition) is 5. The Labute approximate surface area is 136 Å². The van der Waals surface area contributed by atoms with E-state index in [4.69, 9.17) is 16.3 Å². The van der Waals surface area contributed by atoms with Crippen LogP contribution in [-0.2, 0) is 4.74 Å². The number of carbonyl (C=O) groups excluding carboxylic acids is 1. The summed E-state index contributed by atoms with van der Waals surface area (Å²) in [6, 6.07) is 0.159. The molecule has 122 valence electrons. The van der Waals surface area contributed by atoms with Gasteiger partial charge >= 0.3 is 6.09 Å². The Hall–Kier alpha value is -1.56. The Balaban J connectivity index is 2.00. The average Bonchev–Trinajstić information content (AvgIpc) is 2.89. The number of halogens is 1. The van der Waals surface area contributed by atoms with Crippen LogP contribution in [0.1, 0.15) is 32.8 Å². The van der Waals surface area contributed by atoms with Gasteiger partial charge in [-0.05, 0) is 34.1 Å². The van der Waals surface area contributed by atoms with Crippen LogP contribution >= 0.6 is 11.6 Å². The lowest BCUT2D eigenvalue weighted by atomic mass is 10.2. The monoisotopic (exact) mass is 326 g/mol. The number of amides is 1. The third-order valence-electron chi connectivity index (χ3n) is 3.58. The van der Waals surface area contributed by atoms with Crippen molar-refractivity contribution in [3.63, 3.8) is 0 Å². The van der Waals surface area contributed by atoms with Crippen molar-refractivity contribution in [1.29, 1.82) is 0 Å². The van der Waals surface area contributed by atoms with Crippen molar-refractivity contribution in [3.05, 3.63) is 16.9 Å². The van der Waals surface area contributed by atoms with Crippen LogP contribution in [-0.4, -0.2) is 52.7 Å². The van der Waals surface area contributed by atoms with E-state index in [0.717, 1.165) is 12.0 Å². The Morgan fingerprint density at radius 1 is 1.50 bits per heavy atom. The van der Waals surface area contributed by atoms with E-state index >= 15 is 0 Å². The normalized spacial score (nSPS) is 18.5. The molecule has 1 saturated heterocycles. The Bertz CT molecular complexity index is 559. The van der Waals surface area contributed by atoms with Crippen LogP contribution in [0.2, 0.25) is 5.15 Å². The van der Waals surface area contributed by atoms with Crippen molar-refractivity contribution in [2.24, 2.45) is 0 Å². The number of likely N-dealkylation sites (tertiary alicyclic amines) is 1. The Kier molecular flexibility index (Phi) is 4.80. The minimum atomic E-state index is -0.478. The highest BCUT2D eigenvalue weighted by Gasteiger charge is 2.32. The van der Waals surface area contributed by atoms with Gasteiger partial charge in [0.25, 0.3) is 0 Å². The van der Waals surface area contributed by atoms with Crippen LogP contribution < -0.4 is 4.90 Å². The van der Waals surface area contributed by atoms with Crippen LogP contribution in [0.25, 0.3) is 0 Å². The quantitative estimate of drug-likeness (QED) is 0.782. The van der Waals surface area contributed by atoms with Crippen molar-refractivity contribution < 1.29 is 9.53 Å². The molecule has 0 saturated carbocycles. The molecule has 1 amide bonds. The molecule has 0 spiro atoms. The van der Waals surface area contributed by atoms with Crippen LogP contribution in [0.5, 0.6) is 0 Å². The van der Waals surface area contributed by atoms with Crippen molar-refractivity contribution in [3.8, 4) is 0 Å². The van der Waals surface area contributed by atoms with E-state index < -0.39 is 5.60 Å². The van der Waals surface area contributed by atoms with E-state index in [2.05, 4.69) is 9.97 Å². The smallest absolute Gasteiger partial charge is 0.410 e. The summed E-state index contributed by atoms with van der Waals surface area (Å²) in [5, 5.41) is 0.457. The van der Waals surface area contributed by atoms with Gasteiger partial charge in [-0.1, -0.05) is 11.6 Å². The summed E-state index contributed by atoms with van der Waals surface area (Å²) in [4.78, 5) is 24.4. The van der Waals surface area contributed by atoms with Gasteiger partial charge in [-0.3, -0.25) is 0 Å². The summed E-state index contributed by atoms with van der Waals surface area (Å²) in [6.07, 6.45) is 2.29. The molecule has 1 aliphatic heterocycles. The highest BCUT2D eigenvalue weighted by Crippen LogP contribution is 2.22. The lowest BCUT2D eigenvalue weighted by Gasteiger charge is -2.26. The molecule has 0 radical (unpaired) electrons. The summed E-state index contributed by atoms with van der Waals surface area (Å²) < 4.78 is 5.41. The topological polar surface area (TPSA) is 58.6 Å². The van der Waals surface area contributed by atoms with E-state index in [1.165, 1.54) is 0 Å². The zero-order valence-corrected chi connectivity index (χ0v) is 14.5. The largest absolute Gasteiger partial charge is 0.444 e. The van der Waals surface area contributed by atoms with Crippen LogP contribution in [0, 0.1) is 6.92 Å². The number of anilines is 1. The summed E-state index contributed by atoms with van der Waals surface area (Å²) >= 11 is 6.05. The van der Waals surface area contributed by atoms with E-state index in [-0.39, 0.29) is 12.1 Å². The van der Waals surface area contributed by atoms with Gasteiger partial charge in [0.2, 0.25) is 5.95 Å². The molecule has 1 aromatic heterocycles. The molecule has 1 atom stereocenters. The predicted molar refractivity (Wildman–Crippen MR) is 86.4 cm³/mol. The second kappa shape index (κ2) is 6.28. The van der Waals surface area contributed by atoms with E-state index in [1.807, 2.05) is 39.6 Å². The summed E-state index contributed by atoms with van der Waals surface area (Å²) in [6.45, 7) is 8.74. The van der Waals surface area contributed by atoms with Gasteiger partial charge in [0, 0.05) is 31.9 Å². The first-order valence-electron chi connectivity index (χ1n) is 7.37. The van der Waals surface area contributed by atoms with E-state index in [1.54, 1.807) is 11.1 Å². The van der Waals surface area contributed by atoms with Crippen LogP contribution in [0.4, 0.5) is 10.7 Å². The number of carbonyl (C=O) groups is 1. The zero-order chi connectivity index (χ0) is 16.5. The van der Waals surface area contributed by atoms with E-state index in [9.17, 15) is 4.79 Å². The third-order valence-corrected chi connectivity index (χ3v) is 3.96. The molecule has 7 heteroatoms. The maximum atomic E-state index is 12.1. The average molecular weight is 327 g/mol. The van der Waals surface area contributed by atoms with Crippen molar-refractivity contribution >= 4 is 23.6 Å². The summed E-state index contributed by atoms with van der Waals surface area (Å²) in [7, 11) is 1.92. The fourth-order valence-corrected chi connectivity index (χ4v) is 2.42. The first-order valence-corrected chi connectivity index (χ1v) is 7.75. The Morgan fingerprint density at radius 3 is 2.77 bits per heavy atom. The molecule has 1 unspecified atom stereocenters. The number of aryl methyl sites for hydroxylation is 1. The highest BCUT2D eigenvalue weighted by molar-refractivity contribution is 6.30. The first-order chi connectivity index (χ1) is 10.2. The highest BCUT2D eigenvalue weighted by atomic mass is 35.5. The number of rotatable bonds is 2. The summed E-state index contributed by atoms with van der Waals surface area (Å²) in [5.41, 5.74) is 0.370. The lowest BCUT2D eigenvalue weighted by Crippen LogP contribution is -2.39. The molecule has 1 fully saturated rings. The van der Waals surface area contributed by atoms with Crippen LogP contribution in [0.3, 0.4) is 0 Å². The molecular weight excluding hydrogens is 304 g/mol. The van der Waals surface area contributed by atoms with Gasteiger partial charge < -0.3 is 14.5 Å². The second-order valence-electron chi connectivity index (χ2n) is 6.62. The molecule has 0 N–H and O–H groups in total. The molecule has 0 aliphatic carbocycles. The van der Waals surface area contributed by atoms with Crippen LogP contribution in [0.15, 0.2) is 6.20 Å². The van der Waals surface area contributed by atoms with Gasteiger partial charge in [0.05, 0.1) is 6.04 Å².